The van der Waals surface area contributed by atoms with E-state index in [1.807, 2.05) is 25.1 Å². The van der Waals surface area contributed by atoms with E-state index in [1.54, 1.807) is 24.3 Å². The molecule has 0 heterocycles. The number of carbonyl (C=O) groups is 1. The van der Waals surface area contributed by atoms with Crippen molar-refractivity contribution < 1.29 is 19.4 Å². The van der Waals surface area contributed by atoms with E-state index >= 15 is 0 Å². The molecule has 0 amide bonds. The van der Waals surface area contributed by atoms with E-state index in [9.17, 15) is 9.90 Å². The van der Waals surface area contributed by atoms with Crippen LogP contribution < -0.4 is 10.1 Å². The summed E-state index contributed by atoms with van der Waals surface area (Å²) < 4.78 is 11.5. The summed E-state index contributed by atoms with van der Waals surface area (Å²) in [5, 5.41) is 13.5. The normalized spacial score (nSPS) is 14.3. The van der Waals surface area contributed by atoms with Gasteiger partial charge in [0.1, 0.15) is 18.5 Å². The van der Waals surface area contributed by atoms with Gasteiger partial charge in [0.15, 0.2) is 5.78 Å². The number of hydrogen-bond acceptors (Lipinski definition) is 5. The molecule has 0 radical (unpaired) electrons. The second-order valence-corrected chi connectivity index (χ2v) is 6.95. The number of benzene rings is 2. The van der Waals surface area contributed by atoms with E-state index in [4.69, 9.17) is 9.47 Å². The van der Waals surface area contributed by atoms with Gasteiger partial charge in [-0.05, 0) is 44.9 Å². The van der Waals surface area contributed by atoms with Gasteiger partial charge in [-0.1, -0.05) is 42.5 Å². The van der Waals surface area contributed by atoms with Gasteiger partial charge >= 0.3 is 0 Å². The van der Waals surface area contributed by atoms with Crippen molar-refractivity contribution in [2.75, 3.05) is 19.8 Å². The van der Waals surface area contributed by atoms with Crippen LogP contribution in [-0.4, -0.2) is 42.8 Å². The van der Waals surface area contributed by atoms with E-state index in [-0.39, 0.29) is 24.5 Å². The Bertz CT molecular complexity index is 720. The molecule has 0 saturated heterocycles. The number of aliphatic hydroxyl groups is 1. The summed E-state index contributed by atoms with van der Waals surface area (Å²) in [5.74, 6) is 0.573. The standard InChI is InChI=1S/C23H31NO4/c1-4-27-23(19-9-6-5-7-10-19)13-17(2)24-15-21(26)16-28-22-12-8-11-20(14-22)18(3)25/h5-12,14,17,21,23-24,26H,4,13,15-16H2,1-3H3. The van der Waals surface area contributed by atoms with Crippen molar-refractivity contribution in [2.45, 2.75) is 45.4 Å². The van der Waals surface area contributed by atoms with Gasteiger partial charge in [0.2, 0.25) is 0 Å². The first-order valence-electron chi connectivity index (χ1n) is 9.81. The molecule has 0 aliphatic carbocycles. The Kier molecular flexibility index (Phi) is 9.14. The zero-order chi connectivity index (χ0) is 20.4. The third-order valence-corrected chi connectivity index (χ3v) is 4.49. The van der Waals surface area contributed by atoms with Crippen molar-refractivity contribution in [3.8, 4) is 5.75 Å². The Hall–Kier alpha value is -2.21. The molecular formula is C23H31NO4. The fourth-order valence-corrected chi connectivity index (χ4v) is 2.97. The fourth-order valence-electron chi connectivity index (χ4n) is 2.97. The lowest BCUT2D eigenvalue weighted by Crippen LogP contribution is -2.37. The lowest BCUT2D eigenvalue weighted by molar-refractivity contribution is 0.0468. The molecule has 0 aliphatic rings. The third-order valence-electron chi connectivity index (χ3n) is 4.49. The second kappa shape index (κ2) is 11.6. The van der Waals surface area contributed by atoms with Crippen LogP contribution in [0.2, 0.25) is 0 Å². The quantitative estimate of drug-likeness (QED) is 0.544. The maximum atomic E-state index is 11.4. The smallest absolute Gasteiger partial charge is 0.159 e. The lowest BCUT2D eigenvalue weighted by atomic mass is 10.0. The molecule has 2 N–H and O–H groups in total. The minimum atomic E-state index is -0.647. The summed E-state index contributed by atoms with van der Waals surface area (Å²) in [4.78, 5) is 11.4. The molecule has 0 spiro atoms. The summed E-state index contributed by atoms with van der Waals surface area (Å²) in [6.45, 7) is 6.83. The summed E-state index contributed by atoms with van der Waals surface area (Å²) in [5.41, 5.74) is 1.76. The summed E-state index contributed by atoms with van der Waals surface area (Å²) >= 11 is 0. The van der Waals surface area contributed by atoms with Crippen LogP contribution in [0.4, 0.5) is 0 Å². The second-order valence-electron chi connectivity index (χ2n) is 6.95. The van der Waals surface area contributed by atoms with Crippen LogP contribution in [0, 0.1) is 0 Å². The van der Waals surface area contributed by atoms with Crippen molar-refractivity contribution in [1.82, 2.24) is 5.32 Å². The average Bonchev–Trinajstić information content (AvgIpc) is 2.71. The third kappa shape index (κ3) is 7.43. The molecule has 5 nitrogen and oxygen atoms in total. The van der Waals surface area contributed by atoms with Gasteiger partial charge in [-0.25, -0.2) is 0 Å². The van der Waals surface area contributed by atoms with Gasteiger partial charge in [-0.2, -0.15) is 0 Å². The van der Waals surface area contributed by atoms with Crippen LogP contribution in [0.25, 0.3) is 0 Å². The number of ether oxygens (including phenoxy) is 2. The van der Waals surface area contributed by atoms with Crippen LogP contribution in [0.5, 0.6) is 5.75 Å². The maximum Gasteiger partial charge on any atom is 0.159 e. The van der Waals surface area contributed by atoms with Crippen LogP contribution in [-0.2, 0) is 4.74 Å². The zero-order valence-corrected chi connectivity index (χ0v) is 16.9. The molecule has 152 valence electrons. The molecule has 3 atom stereocenters. The lowest BCUT2D eigenvalue weighted by Gasteiger charge is -2.23. The largest absolute Gasteiger partial charge is 0.491 e. The Balaban J connectivity index is 1.77. The van der Waals surface area contributed by atoms with E-state index < -0.39 is 6.10 Å². The average molecular weight is 386 g/mol. The molecule has 3 unspecified atom stereocenters. The predicted octanol–water partition coefficient (Wildman–Crippen LogP) is 3.77. The van der Waals surface area contributed by atoms with Crippen molar-refractivity contribution in [3.63, 3.8) is 0 Å². The van der Waals surface area contributed by atoms with E-state index in [0.717, 1.165) is 12.0 Å². The maximum absolute atomic E-state index is 11.4. The zero-order valence-electron chi connectivity index (χ0n) is 16.9. The summed E-state index contributed by atoms with van der Waals surface area (Å²) in [6, 6.07) is 17.3. The topological polar surface area (TPSA) is 67.8 Å². The highest BCUT2D eigenvalue weighted by Gasteiger charge is 2.16. The molecule has 2 aromatic rings. The van der Waals surface area contributed by atoms with E-state index in [0.29, 0.717) is 24.5 Å². The van der Waals surface area contributed by atoms with Crippen molar-refractivity contribution in [1.29, 1.82) is 0 Å². The minimum absolute atomic E-state index is 0.0104. The minimum Gasteiger partial charge on any atom is -0.491 e. The monoisotopic (exact) mass is 385 g/mol. The van der Waals surface area contributed by atoms with Gasteiger partial charge in [-0.15, -0.1) is 0 Å². The predicted molar refractivity (Wildman–Crippen MR) is 111 cm³/mol. The Morgan fingerprint density at radius 3 is 2.57 bits per heavy atom. The van der Waals surface area contributed by atoms with Crippen molar-refractivity contribution in [2.24, 2.45) is 0 Å². The molecule has 0 aliphatic heterocycles. The fraction of sp³-hybridized carbons (Fsp3) is 0.435. The van der Waals surface area contributed by atoms with Gasteiger partial charge in [0.05, 0.1) is 6.10 Å². The number of rotatable bonds is 12. The van der Waals surface area contributed by atoms with Crippen molar-refractivity contribution in [3.05, 3.63) is 65.7 Å². The molecule has 2 aromatic carbocycles. The van der Waals surface area contributed by atoms with Crippen LogP contribution in [0.1, 0.15) is 49.2 Å². The Morgan fingerprint density at radius 1 is 1.14 bits per heavy atom. The molecular weight excluding hydrogens is 354 g/mol. The molecule has 28 heavy (non-hydrogen) atoms. The number of nitrogens with one attached hydrogen (secondary N) is 1. The highest BCUT2D eigenvalue weighted by Crippen LogP contribution is 2.22. The number of carbonyl (C=O) groups excluding carboxylic acids is 1. The first-order chi connectivity index (χ1) is 13.5. The highest BCUT2D eigenvalue weighted by molar-refractivity contribution is 5.94. The summed E-state index contributed by atoms with van der Waals surface area (Å²) in [7, 11) is 0. The van der Waals surface area contributed by atoms with Crippen LogP contribution >= 0.6 is 0 Å². The van der Waals surface area contributed by atoms with Gasteiger partial charge in [0, 0.05) is 24.8 Å². The van der Waals surface area contributed by atoms with Gasteiger partial charge in [-0.3, -0.25) is 4.79 Å². The van der Waals surface area contributed by atoms with E-state index in [2.05, 4.69) is 24.4 Å². The van der Waals surface area contributed by atoms with Gasteiger partial charge < -0.3 is 19.9 Å². The number of Topliss-reactive ketones (excluding diaryl/α,β-unsaturated/α-hetero) is 1. The van der Waals surface area contributed by atoms with Crippen LogP contribution in [0.3, 0.4) is 0 Å². The van der Waals surface area contributed by atoms with Crippen LogP contribution in [0.15, 0.2) is 54.6 Å². The number of ketones is 1. The first-order valence-corrected chi connectivity index (χ1v) is 9.81. The Labute approximate surface area is 167 Å². The molecule has 0 saturated carbocycles. The molecule has 2 rings (SSSR count). The number of aliphatic hydroxyl groups excluding tert-OH is 1. The molecule has 5 heteroatoms. The van der Waals surface area contributed by atoms with Gasteiger partial charge in [0.25, 0.3) is 0 Å². The Morgan fingerprint density at radius 2 is 1.89 bits per heavy atom. The molecule has 0 fully saturated rings. The molecule has 0 bridgehead atoms. The summed E-state index contributed by atoms with van der Waals surface area (Å²) in [6.07, 6.45) is 0.189. The number of hydrogen-bond donors (Lipinski definition) is 2. The van der Waals surface area contributed by atoms with Crippen molar-refractivity contribution >= 4 is 5.78 Å². The van der Waals surface area contributed by atoms with E-state index in [1.165, 1.54) is 6.92 Å². The highest BCUT2D eigenvalue weighted by atomic mass is 16.5. The first kappa shape index (κ1) is 22.1. The SMILES string of the molecule is CCOC(CC(C)NCC(O)COc1cccc(C(C)=O)c1)c1ccccc1. The molecule has 0 aromatic heterocycles.